The SMILES string of the molecule is COc1cc(COc2ccc3nc(N)cn3n2)cc(OC)c1OC.O=C(O)C(F)(F)F. The average Bonchev–Trinajstić information content (AvgIpc) is 3.10. The Bertz CT molecular complexity index is 1030. The number of methoxy groups -OCH3 is 3. The number of carboxylic acid groups (broad SMARTS) is 1. The first-order chi connectivity index (χ1) is 14.6. The summed E-state index contributed by atoms with van der Waals surface area (Å²) in [7, 11) is 4.70. The van der Waals surface area contributed by atoms with Crippen LogP contribution in [0.15, 0.2) is 30.5 Å². The third kappa shape index (κ3) is 6.04. The van der Waals surface area contributed by atoms with Gasteiger partial charge in [-0.25, -0.2) is 14.3 Å². The number of aromatic nitrogens is 3. The molecule has 0 radical (unpaired) electrons. The van der Waals surface area contributed by atoms with E-state index in [-0.39, 0.29) is 0 Å². The van der Waals surface area contributed by atoms with Gasteiger partial charge in [0.15, 0.2) is 17.1 Å². The number of hydrogen-bond donors (Lipinski definition) is 2. The molecule has 0 atom stereocenters. The Morgan fingerprint density at radius 1 is 1.13 bits per heavy atom. The zero-order valence-corrected chi connectivity index (χ0v) is 16.6. The van der Waals surface area contributed by atoms with E-state index in [0.717, 1.165) is 5.56 Å². The Kier molecular flexibility index (Phi) is 7.34. The molecule has 0 saturated carbocycles. The van der Waals surface area contributed by atoms with E-state index < -0.39 is 12.1 Å². The van der Waals surface area contributed by atoms with Crippen molar-refractivity contribution in [1.82, 2.24) is 14.6 Å². The fraction of sp³-hybridized carbons (Fsp3) is 0.278. The van der Waals surface area contributed by atoms with Gasteiger partial charge in [0.05, 0.1) is 27.5 Å². The second-order valence-corrected chi connectivity index (χ2v) is 5.77. The minimum absolute atomic E-state index is 0.291. The summed E-state index contributed by atoms with van der Waals surface area (Å²) in [6.07, 6.45) is -3.46. The molecule has 13 heteroatoms. The zero-order chi connectivity index (χ0) is 23.2. The van der Waals surface area contributed by atoms with E-state index in [4.69, 9.17) is 34.6 Å². The van der Waals surface area contributed by atoms with Crippen LogP contribution < -0.4 is 24.7 Å². The van der Waals surface area contributed by atoms with Crippen molar-refractivity contribution in [1.29, 1.82) is 0 Å². The Hall–Kier alpha value is -3.90. The quantitative estimate of drug-likeness (QED) is 0.589. The van der Waals surface area contributed by atoms with Crippen LogP contribution in [0.2, 0.25) is 0 Å². The van der Waals surface area contributed by atoms with Crippen LogP contribution in [0.5, 0.6) is 23.1 Å². The predicted octanol–water partition coefficient (Wildman–Crippen LogP) is 2.55. The van der Waals surface area contributed by atoms with E-state index in [0.29, 0.717) is 41.2 Å². The Balaban J connectivity index is 0.000000423. The van der Waals surface area contributed by atoms with Crippen LogP contribution in [0.1, 0.15) is 5.56 Å². The van der Waals surface area contributed by atoms with Gasteiger partial charge in [-0.1, -0.05) is 0 Å². The van der Waals surface area contributed by atoms with E-state index in [1.165, 1.54) is 0 Å². The summed E-state index contributed by atoms with van der Waals surface area (Å²) in [6.45, 7) is 0.291. The third-order valence-electron chi connectivity index (χ3n) is 3.67. The lowest BCUT2D eigenvalue weighted by Gasteiger charge is -2.14. The molecule has 0 bridgehead atoms. The number of benzene rings is 1. The maximum atomic E-state index is 10.6. The second kappa shape index (κ2) is 9.73. The van der Waals surface area contributed by atoms with Crippen LogP contribution in [0.4, 0.5) is 19.0 Å². The van der Waals surface area contributed by atoms with Gasteiger partial charge >= 0.3 is 12.1 Å². The molecule has 0 unspecified atom stereocenters. The molecule has 3 rings (SSSR count). The zero-order valence-electron chi connectivity index (χ0n) is 16.6. The monoisotopic (exact) mass is 444 g/mol. The van der Waals surface area contributed by atoms with Crippen molar-refractivity contribution in [3.63, 3.8) is 0 Å². The van der Waals surface area contributed by atoms with Gasteiger partial charge in [0.1, 0.15) is 12.4 Å². The van der Waals surface area contributed by atoms with Crippen molar-refractivity contribution >= 4 is 17.4 Å². The average molecular weight is 444 g/mol. The van der Waals surface area contributed by atoms with Crippen LogP contribution in [0.3, 0.4) is 0 Å². The Morgan fingerprint density at radius 2 is 1.71 bits per heavy atom. The molecular weight excluding hydrogens is 425 g/mol. The molecule has 3 aromatic rings. The lowest BCUT2D eigenvalue weighted by atomic mass is 10.2. The number of carbonyl (C=O) groups is 1. The van der Waals surface area contributed by atoms with Crippen LogP contribution >= 0.6 is 0 Å². The van der Waals surface area contributed by atoms with Gasteiger partial charge in [-0.05, 0) is 23.8 Å². The molecule has 0 saturated heterocycles. The predicted molar refractivity (Wildman–Crippen MR) is 102 cm³/mol. The molecule has 0 aliphatic rings. The smallest absolute Gasteiger partial charge is 0.490 e. The highest BCUT2D eigenvalue weighted by atomic mass is 19.4. The van der Waals surface area contributed by atoms with Crippen LogP contribution in [-0.4, -0.2) is 53.2 Å². The summed E-state index contributed by atoms with van der Waals surface area (Å²) < 4.78 is 55.0. The van der Waals surface area contributed by atoms with Gasteiger partial charge in [-0.2, -0.15) is 13.2 Å². The number of fused-ring (bicyclic) bond motifs is 1. The van der Waals surface area contributed by atoms with E-state index in [9.17, 15) is 13.2 Å². The molecule has 1 aromatic carbocycles. The molecule has 0 amide bonds. The lowest BCUT2D eigenvalue weighted by molar-refractivity contribution is -0.192. The first-order valence-corrected chi connectivity index (χ1v) is 8.42. The fourth-order valence-electron chi connectivity index (χ4n) is 2.34. The minimum Gasteiger partial charge on any atom is -0.493 e. The van der Waals surface area contributed by atoms with Crippen molar-refractivity contribution < 1.29 is 42.0 Å². The summed E-state index contributed by atoms with van der Waals surface area (Å²) in [4.78, 5) is 13.0. The lowest BCUT2D eigenvalue weighted by Crippen LogP contribution is -2.21. The highest BCUT2D eigenvalue weighted by Crippen LogP contribution is 2.38. The number of aliphatic carboxylic acids is 1. The summed E-state index contributed by atoms with van der Waals surface area (Å²) in [5, 5.41) is 11.4. The molecular formula is C18H19F3N4O6. The number of rotatable bonds is 6. The summed E-state index contributed by atoms with van der Waals surface area (Å²) in [6, 6.07) is 7.18. The van der Waals surface area contributed by atoms with Crippen molar-refractivity contribution in [3.05, 3.63) is 36.0 Å². The maximum Gasteiger partial charge on any atom is 0.490 e. The minimum atomic E-state index is -5.08. The maximum absolute atomic E-state index is 10.6. The molecule has 0 aliphatic heterocycles. The largest absolute Gasteiger partial charge is 0.493 e. The molecule has 0 spiro atoms. The van der Waals surface area contributed by atoms with Gasteiger partial charge < -0.3 is 29.8 Å². The van der Waals surface area contributed by atoms with E-state index in [1.54, 1.807) is 44.2 Å². The summed E-state index contributed by atoms with van der Waals surface area (Å²) in [5.74, 6) is -0.217. The van der Waals surface area contributed by atoms with Crippen molar-refractivity contribution in [2.45, 2.75) is 12.8 Å². The number of ether oxygens (including phenoxy) is 4. The second-order valence-electron chi connectivity index (χ2n) is 5.77. The number of nitrogens with two attached hydrogens (primary N) is 1. The fourth-order valence-corrected chi connectivity index (χ4v) is 2.34. The Morgan fingerprint density at radius 3 is 2.19 bits per heavy atom. The third-order valence-corrected chi connectivity index (χ3v) is 3.67. The highest BCUT2D eigenvalue weighted by molar-refractivity contribution is 5.73. The number of nitrogens with zero attached hydrogens (tertiary/aromatic N) is 3. The molecule has 0 fully saturated rings. The van der Waals surface area contributed by atoms with Crippen LogP contribution in [0, 0.1) is 0 Å². The van der Waals surface area contributed by atoms with Gasteiger partial charge in [0, 0.05) is 6.07 Å². The van der Waals surface area contributed by atoms with Crippen LogP contribution in [0.25, 0.3) is 5.65 Å². The molecule has 10 nitrogen and oxygen atoms in total. The summed E-state index contributed by atoms with van der Waals surface area (Å²) in [5.41, 5.74) is 7.16. The molecule has 168 valence electrons. The molecule has 31 heavy (non-hydrogen) atoms. The highest BCUT2D eigenvalue weighted by Gasteiger charge is 2.38. The molecule has 2 aromatic heterocycles. The number of nitrogen functional groups attached to an aromatic ring is 1. The van der Waals surface area contributed by atoms with E-state index in [2.05, 4.69) is 10.1 Å². The standard InChI is InChI=1S/C16H18N4O4.C2HF3O2/c1-21-11-6-10(7-12(22-2)16(11)23-3)9-24-15-5-4-14-18-13(17)8-20(14)19-15;3-2(4,5)1(6)7/h4-8H,9,17H2,1-3H3;(H,6,7). The first kappa shape index (κ1) is 23.4. The number of alkyl halides is 3. The van der Waals surface area contributed by atoms with Gasteiger partial charge in [0.2, 0.25) is 11.6 Å². The number of imidazole rings is 1. The Labute approximate surface area is 173 Å². The van der Waals surface area contributed by atoms with Gasteiger partial charge in [0.25, 0.3) is 0 Å². The van der Waals surface area contributed by atoms with Crippen molar-refractivity contribution in [3.8, 4) is 23.1 Å². The summed E-state index contributed by atoms with van der Waals surface area (Å²) >= 11 is 0. The molecule has 2 heterocycles. The number of carboxylic acids is 1. The molecule has 3 N–H and O–H groups in total. The normalized spacial score (nSPS) is 10.8. The van der Waals surface area contributed by atoms with Gasteiger partial charge in [-0.15, -0.1) is 5.10 Å². The van der Waals surface area contributed by atoms with E-state index >= 15 is 0 Å². The molecule has 0 aliphatic carbocycles. The number of hydrogen-bond acceptors (Lipinski definition) is 8. The topological polar surface area (TPSA) is 130 Å². The first-order valence-electron chi connectivity index (χ1n) is 8.42. The van der Waals surface area contributed by atoms with E-state index in [1.807, 2.05) is 12.1 Å². The number of anilines is 1. The van der Waals surface area contributed by atoms with Crippen LogP contribution in [-0.2, 0) is 11.4 Å². The van der Waals surface area contributed by atoms with Crippen molar-refractivity contribution in [2.24, 2.45) is 0 Å². The van der Waals surface area contributed by atoms with Crippen molar-refractivity contribution in [2.75, 3.05) is 27.1 Å². The van der Waals surface area contributed by atoms with Gasteiger partial charge in [-0.3, -0.25) is 0 Å². The number of halogens is 3.